The number of nitrogens with two attached hydrogens (primary N) is 2. The van der Waals surface area contributed by atoms with Crippen molar-refractivity contribution in [3.63, 3.8) is 0 Å². The molecule has 10 heteroatoms. The van der Waals surface area contributed by atoms with Gasteiger partial charge in [0, 0.05) is 19.0 Å². The zero-order valence-electron chi connectivity index (χ0n) is 13.4. The van der Waals surface area contributed by atoms with Crippen molar-refractivity contribution in [1.82, 2.24) is 4.90 Å². The summed E-state index contributed by atoms with van der Waals surface area (Å²) in [5, 5.41) is 27.2. The highest BCUT2D eigenvalue weighted by Crippen LogP contribution is 2.31. The Hall–Kier alpha value is -0.805. The number of amides is 1. The first kappa shape index (κ1) is 20.2. The lowest BCUT2D eigenvalue weighted by Crippen LogP contribution is -2.55. The summed E-state index contributed by atoms with van der Waals surface area (Å²) < 4.78 is 0. The molecule has 0 aromatic carbocycles. The highest BCUT2D eigenvalue weighted by Gasteiger charge is 2.50. The van der Waals surface area contributed by atoms with Crippen LogP contribution in [-0.4, -0.2) is 75.7 Å². The van der Waals surface area contributed by atoms with Crippen LogP contribution >= 0.6 is 11.8 Å². The van der Waals surface area contributed by atoms with Crippen LogP contribution in [0.1, 0.15) is 19.3 Å². The van der Waals surface area contributed by atoms with Crippen LogP contribution in [0.25, 0.3) is 0 Å². The summed E-state index contributed by atoms with van der Waals surface area (Å²) in [6, 6.07) is -0.654. The topological polar surface area (TPSA) is 150 Å². The van der Waals surface area contributed by atoms with Crippen LogP contribution in [0.3, 0.4) is 0 Å². The van der Waals surface area contributed by atoms with Crippen LogP contribution in [0.4, 0.5) is 0 Å². The van der Waals surface area contributed by atoms with E-state index in [0.29, 0.717) is 19.3 Å². The number of rotatable bonds is 9. The third-order valence-electron chi connectivity index (χ3n) is 4.30. The molecule has 1 aliphatic rings. The average molecular weight is 347 g/mol. The lowest BCUT2D eigenvalue weighted by molar-refractivity contribution is -0.144. The van der Waals surface area contributed by atoms with Crippen LogP contribution in [-0.2, 0) is 9.59 Å². The Morgan fingerprint density at radius 1 is 1.48 bits per heavy atom. The molecule has 7 N–H and O–H groups in total. The predicted molar refractivity (Wildman–Crippen MR) is 89.8 cm³/mol. The average Bonchev–Trinajstić information content (AvgIpc) is 2.82. The molecule has 1 saturated heterocycles. The zero-order valence-corrected chi connectivity index (χ0v) is 14.2. The molecule has 1 aliphatic heterocycles. The van der Waals surface area contributed by atoms with E-state index in [1.54, 1.807) is 11.8 Å². The van der Waals surface area contributed by atoms with Crippen molar-refractivity contribution in [2.24, 2.45) is 17.4 Å². The van der Waals surface area contributed by atoms with Gasteiger partial charge in [0.25, 0.3) is 0 Å². The van der Waals surface area contributed by atoms with Gasteiger partial charge < -0.3 is 31.5 Å². The van der Waals surface area contributed by atoms with Crippen molar-refractivity contribution in [2.75, 3.05) is 25.1 Å². The van der Waals surface area contributed by atoms with E-state index in [4.69, 9.17) is 21.5 Å². The lowest BCUT2D eigenvalue weighted by atomic mass is 9.78. The molecule has 1 rings (SSSR count). The minimum absolute atomic E-state index is 0.0690. The molecule has 23 heavy (non-hydrogen) atoms. The summed E-state index contributed by atoms with van der Waals surface area (Å²) in [7, 11) is -1.42. The van der Waals surface area contributed by atoms with E-state index in [1.165, 1.54) is 4.90 Å². The minimum Gasteiger partial charge on any atom is -0.480 e. The van der Waals surface area contributed by atoms with Crippen molar-refractivity contribution in [3.8, 4) is 0 Å². The molecule has 0 unspecified atom stereocenters. The normalized spacial score (nSPS) is 25.4. The fourth-order valence-electron chi connectivity index (χ4n) is 2.85. The van der Waals surface area contributed by atoms with Crippen molar-refractivity contribution in [3.05, 3.63) is 0 Å². The van der Waals surface area contributed by atoms with Crippen LogP contribution in [0.5, 0.6) is 0 Å². The van der Waals surface area contributed by atoms with Crippen LogP contribution < -0.4 is 11.5 Å². The quantitative estimate of drug-likeness (QED) is 0.318. The highest BCUT2D eigenvalue weighted by atomic mass is 32.2. The number of thioether (sulfide) groups is 1. The number of hydrogen-bond donors (Lipinski definition) is 5. The SMILES string of the molecule is CSCC[C@H](N)C(=O)N1C[C@H](CCCB(O)O)[C@](N)(C(=O)O)C1. The van der Waals surface area contributed by atoms with E-state index >= 15 is 0 Å². The molecule has 0 aromatic rings. The van der Waals surface area contributed by atoms with Crippen LogP contribution in [0, 0.1) is 5.92 Å². The van der Waals surface area contributed by atoms with Gasteiger partial charge in [0.1, 0.15) is 5.54 Å². The Bertz CT molecular complexity index is 428. The molecule has 0 aliphatic carbocycles. The molecule has 1 fully saturated rings. The maximum absolute atomic E-state index is 12.4. The summed E-state index contributed by atoms with van der Waals surface area (Å²) in [6.45, 7) is 0.163. The number of likely N-dealkylation sites (tertiary alicyclic amines) is 1. The number of carbonyl (C=O) groups excluding carboxylic acids is 1. The molecule has 0 aromatic heterocycles. The fourth-order valence-corrected chi connectivity index (χ4v) is 3.34. The van der Waals surface area contributed by atoms with Gasteiger partial charge in [0.05, 0.1) is 6.04 Å². The standard InChI is InChI=1S/C13H26BN3O5S/c1-23-6-4-10(15)11(18)17-7-9(3-2-5-14(21)22)13(16,8-17)12(19)20/h9-10,21-22H,2-8,15-16H2,1H3,(H,19,20)/t9-,10-,13-/m0/s1. The molecular formula is C13H26BN3O5S. The Labute approximate surface area is 140 Å². The zero-order chi connectivity index (χ0) is 17.6. The molecule has 1 amide bonds. The number of carboxylic acids is 1. The Morgan fingerprint density at radius 3 is 2.65 bits per heavy atom. The molecule has 132 valence electrons. The molecule has 8 nitrogen and oxygen atoms in total. The highest BCUT2D eigenvalue weighted by molar-refractivity contribution is 7.98. The van der Waals surface area contributed by atoms with Gasteiger partial charge >= 0.3 is 13.1 Å². The van der Waals surface area contributed by atoms with E-state index in [2.05, 4.69) is 0 Å². The van der Waals surface area contributed by atoms with Gasteiger partial charge in [-0.3, -0.25) is 9.59 Å². The van der Waals surface area contributed by atoms with E-state index in [1.807, 2.05) is 6.26 Å². The van der Waals surface area contributed by atoms with Crippen molar-refractivity contribution in [1.29, 1.82) is 0 Å². The second kappa shape index (κ2) is 8.88. The number of aliphatic carboxylic acids is 1. The van der Waals surface area contributed by atoms with Crippen LogP contribution in [0.15, 0.2) is 0 Å². The molecule has 0 radical (unpaired) electrons. The third kappa shape index (κ3) is 5.35. The first-order chi connectivity index (χ1) is 10.7. The molecule has 0 bridgehead atoms. The van der Waals surface area contributed by atoms with Gasteiger partial charge in [0.2, 0.25) is 5.91 Å². The monoisotopic (exact) mass is 347 g/mol. The van der Waals surface area contributed by atoms with E-state index < -0.39 is 30.6 Å². The Kier molecular flexibility index (Phi) is 7.82. The van der Waals surface area contributed by atoms with Crippen molar-refractivity contribution in [2.45, 2.75) is 37.2 Å². The van der Waals surface area contributed by atoms with Crippen molar-refractivity contribution >= 4 is 30.8 Å². The van der Waals surface area contributed by atoms with Crippen LogP contribution in [0.2, 0.25) is 6.32 Å². The molecule has 0 saturated carbocycles. The fraction of sp³-hybridized carbons (Fsp3) is 0.846. The number of carbonyl (C=O) groups is 2. The molecule has 3 atom stereocenters. The Balaban J connectivity index is 2.71. The minimum atomic E-state index is -1.52. The number of nitrogens with zero attached hydrogens (tertiary/aromatic N) is 1. The predicted octanol–water partition coefficient (Wildman–Crippen LogP) is -1.44. The summed E-state index contributed by atoms with van der Waals surface area (Å²) in [5.41, 5.74) is 10.4. The summed E-state index contributed by atoms with van der Waals surface area (Å²) >= 11 is 1.59. The lowest BCUT2D eigenvalue weighted by Gasteiger charge is -2.25. The third-order valence-corrected chi connectivity index (χ3v) is 4.94. The summed E-state index contributed by atoms with van der Waals surface area (Å²) in [6.07, 6.45) is 3.43. The largest absolute Gasteiger partial charge is 0.480 e. The van der Waals surface area contributed by atoms with Gasteiger partial charge in [-0.05, 0) is 31.2 Å². The van der Waals surface area contributed by atoms with Gasteiger partial charge in [-0.15, -0.1) is 0 Å². The number of carboxylic acid groups (broad SMARTS) is 1. The van der Waals surface area contributed by atoms with Gasteiger partial charge in [-0.25, -0.2) is 0 Å². The van der Waals surface area contributed by atoms with Crippen molar-refractivity contribution < 1.29 is 24.7 Å². The molecule has 0 spiro atoms. The smallest absolute Gasteiger partial charge is 0.451 e. The number of hydrogen-bond acceptors (Lipinski definition) is 7. The van der Waals surface area contributed by atoms with Gasteiger partial charge in [0.15, 0.2) is 0 Å². The second-order valence-corrected chi connectivity index (χ2v) is 7.05. The summed E-state index contributed by atoms with van der Waals surface area (Å²) in [4.78, 5) is 25.3. The van der Waals surface area contributed by atoms with E-state index in [0.717, 1.165) is 5.75 Å². The second-order valence-electron chi connectivity index (χ2n) is 6.06. The molecule has 1 heterocycles. The van der Waals surface area contributed by atoms with E-state index in [-0.39, 0.29) is 25.3 Å². The van der Waals surface area contributed by atoms with Gasteiger partial charge in [-0.1, -0.05) is 6.42 Å². The first-order valence-corrected chi connectivity index (χ1v) is 9.03. The van der Waals surface area contributed by atoms with E-state index in [9.17, 15) is 14.7 Å². The van der Waals surface area contributed by atoms with Gasteiger partial charge in [-0.2, -0.15) is 11.8 Å². The first-order valence-electron chi connectivity index (χ1n) is 7.64. The maximum Gasteiger partial charge on any atom is 0.451 e. The molecular weight excluding hydrogens is 321 g/mol. The summed E-state index contributed by atoms with van der Waals surface area (Å²) in [5.74, 6) is -1.11. The Morgan fingerprint density at radius 2 is 2.13 bits per heavy atom. The maximum atomic E-state index is 12.4.